The van der Waals surface area contributed by atoms with Gasteiger partial charge in [0.15, 0.2) is 0 Å². The Bertz CT molecular complexity index is 625. The highest BCUT2D eigenvalue weighted by Gasteiger charge is 2.04. The highest BCUT2D eigenvalue weighted by molar-refractivity contribution is 5.93. The van der Waals surface area contributed by atoms with Crippen LogP contribution in [0.25, 0.3) is 0 Å². The predicted octanol–water partition coefficient (Wildman–Crippen LogP) is 1.36. The molecule has 2 aromatic rings. The number of aromatic nitrogens is 1. The number of rotatable bonds is 3. The summed E-state index contributed by atoms with van der Waals surface area (Å²) in [6, 6.07) is 10.9. The SMILES string of the molecule is O=C(NCc1ccc(C#CCO)cc1)c1cccnc1. The van der Waals surface area contributed by atoms with Crippen molar-refractivity contribution in [2.45, 2.75) is 6.54 Å². The fourth-order valence-corrected chi connectivity index (χ4v) is 1.63. The van der Waals surface area contributed by atoms with Crippen molar-refractivity contribution in [3.05, 3.63) is 65.5 Å². The molecule has 0 unspecified atom stereocenters. The van der Waals surface area contributed by atoms with Gasteiger partial charge in [-0.15, -0.1) is 0 Å². The normalized spacial score (nSPS) is 9.45. The lowest BCUT2D eigenvalue weighted by Crippen LogP contribution is -2.22. The molecule has 1 aromatic heterocycles. The third-order valence-electron chi connectivity index (χ3n) is 2.64. The van der Waals surface area contributed by atoms with E-state index in [4.69, 9.17) is 5.11 Å². The van der Waals surface area contributed by atoms with Crippen molar-refractivity contribution in [3.63, 3.8) is 0 Å². The van der Waals surface area contributed by atoms with E-state index in [1.54, 1.807) is 18.3 Å². The average molecular weight is 266 g/mol. The van der Waals surface area contributed by atoms with Gasteiger partial charge in [0, 0.05) is 24.5 Å². The summed E-state index contributed by atoms with van der Waals surface area (Å²) in [5.41, 5.74) is 2.36. The molecule has 0 atom stereocenters. The Morgan fingerprint density at radius 2 is 2.05 bits per heavy atom. The summed E-state index contributed by atoms with van der Waals surface area (Å²) in [7, 11) is 0. The van der Waals surface area contributed by atoms with Crippen LogP contribution < -0.4 is 5.32 Å². The number of hydrogen-bond donors (Lipinski definition) is 2. The van der Waals surface area contributed by atoms with Crippen LogP contribution in [-0.2, 0) is 6.54 Å². The molecule has 20 heavy (non-hydrogen) atoms. The Kier molecular flexibility index (Phi) is 4.87. The number of carbonyl (C=O) groups is 1. The zero-order chi connectivity index (χ0) is 14.2. The van der Waals surface area contributed by atoms with Crippen LogP contribution in [0.4, 0.5) is 0 Å². The van der Waals surface area contributed by atoms with Gasteiger partial charge in [-0.2, -0.15) is 0 Å². The Labute approximate surface area is 117 Å². The van der Waals surface area contributed by atoms with Gasteiger partial charge in [-0.25, -0.2) is 0 Å². The second-order valence-electron chi connectivity index (χ2n) is 4.08. The number of pyridine rings is 1. The molecule has 4 heteroatoms. The number of aliphatic hydroxyl groups is 1. The van der Waals surface area contributed by atoms with Crippen LogP contribution in [0.5, 0.6) is 0 Å². The molecule has 0 aliphatic carbocycles. The summed E-state index contributed by atoms with van der Waals surface area (Å²) < 4.78 is 0. The highest BCUT2D eigenvalue weighted by Crippen LogP contribution is 2.04. The monoisotopic (exact) mass is 266 g/mol. The van der Waals surface area contributed by atoms with Gasteiger partial charge in [0.1, 0.15) is 6.61 Å². The van der Waals surface area contributed by atoms with Gasteiger partial charge in [-0.3, -0.25) is 9.78 Å². The Morgan fingerprint density at radius 1 is 1.25 bits per heavy atom. The zero-order valence-corrected chi connectivity index (χ0v) is 10.8. The number of carbonyl (C=O) groups excluding carboxylic acids is 1. The molecule has 0 fully saturated rings. The maximum absolute atomic E-state index is 11.8. The average Bonchev–Trinajstić information content (AvgIpc) is 2.52. The van der Waals surface area contributed by atoms with Crippen LogP contribution in [0.2, 0.25) is 0 Å². The van der Waals surface area contributed by atoms with Crippen LogP contribution in [0.1, 0.15) is 21.5 Å². The Hall–Kier alpha value is -2.64. The molecule has 2 N–H and O–H groups in total. The van der Waals surface area contributed by atoms with Crippen molar-refractivity contribution < 1.29 is 9.90 Å². The van der Waals surface area contributed by atoms with Gasteiger partial charge >= 0.3 is 0 Å². The van der Waals surface area contributed by atoms with E-state index in [2.05, 4.69) is 22.1 Å². The van der Waals surface area contributed by atoms with Crippen molar-refractivity contribution in [1.29, 1.82) is 0 Å². The molecule has 1 amide bonds. The molecule has 0 aliphatic heterocycles. The molecule has 4 nitrogen and oxygen atoms in total. The van der Waals surface area contributed by atoms with E-state index < -0.39 is 0 Å². The number of hydrogen-bond acceptors (Lipinski definition) is 3. The molecule has 100 valence electrons. The summed E-state index contributed by atoms with van der Waals surface area (Å²) in [6.07, 6.45) is 3.16. The minimum absolute atomic E-state index is 0.150. The molecule has 0 spiro atoms. The molecule has 1 aromatic carbocycles. The van der Waals surface area contributed by atoms with Gasteiger partial charge in [0.05, 0.1) is 5.56 Å². The Balaban J connectivity index is 1.93. The quantitative estimate of drug-likeness (QED) is 0.824. The van der Waals surface area contributed by atoms with Crippen LogP contribution in [0.15, 0.2) is 48.8 Å². The second-order valence-corrected chi connectivity index (χ2v) is 4.08. The maximum atomic E-state index is 11.8. The van der Waals surface area contributed by atoms with E-state index >= 15 is 0 Å². The summed E-state index contributed by atoms with van der Waals surface area (Å²) in [5.74, 6) is 5.25. The van der Waals surface area contributed by atoms with Crippen molar-refractivity contribution in [2.24, 2.45) is 0 Å². The van der Waals surface area contributed by atoms with E-state index in [1.165, 1.54) is 6.20 Å². The molecule has 0 saturated heterocycles. The maximum Gasteiger partial charge on any atom is 0.253 e. The fraction of sp³-hybridized carbons (Fsp3) is 0.125. The van der Waals surface area contributed by atoms with Gasteiger partial charge in [0.25, 0.3) is 5.91 Å². The number of aliphatic hydroxyl groups excluding tert-OH is 1. The van der Waals surface area contributed by atoms with Crippen LogP contribution >= 0.6 is 0 Å². The molecule has 0 radical (unpaired) electrons. The lowest BCUT2D eigenvalue weighted by Gasteiger charge is -2.05. The van der Waals surface area contributed by atoms with Crippen LogP contribution in [-0.4, -0.2) is 22.6 Å². The first-order valence-corrected chi connectivity index (χ1v) is 6.16. The van der Waals surface area contributed by atoms with E-state index in [9.17, 15) is 4.79 Å². The van der Waals surface area contributed by atoms with Crippen LogP contribution in [0, 0.1) is 11.8 Å². The fourth-order valence-electron chi connectivity index (χ4n) is 1.63. The zero-order valence-electron chi connectivity index (χ0n) is 10.8. The molecule has 0 aliphatic rings. The lowest BCUT2D eigenvalue weighted by molar-refractivity contribution is 0.0950. The van der Waals surface area contributed by atoms with Crippen molar-refractivity contribution >= 4 is 5.91 Å². The first-order valence-electron chi connectivity index (χ1n) is 6.16. The van der Waals surface area contributed by atoms with E-state index in [0.29, 0.717) is 12.1 Å². The topological polar surface area (TPSA) is 62.2 Å². The summed E-state index contributed by atoms with van der Waals surface area (Å²) >= 11 is 0. The first-order chi connectivity index (χ1) is 9.79. The standard InChI is InChI=1S/C16H14N2O2/c19-10-2-3-13-5-7-14(8-6-13)11-18-16(20)15-4-1-9-17-12-15/h1,4-9,12,19H,10-11H2,(H,18,20). The van der Waals surface area contributed by atoms with Gasteiger partial charge in [-0.05, 0) is 29.8 Å². The number of nitrogens with zero attached hydrogens (tertiary/aromatic N) is 1. The number of nitrogens with one attached hydrogen (secondary N) is 1. The van der Waals surface area contributed by atoms with Crippen LogP contribution in [0.3, 0.4) is 0 Å². The number of benzene rings is 1. The minimum Gasteiger partial charge on any atom is -0.384 e. The number of amides is 1. The molecule has 0 bridgehead atoms. The van der Waals surface area contributed by atoms with Crippen molar-refractivity contribution in [2.75, 3.05) is 6.61 Å². The Morgan fingerprint density at radius 3 is 2.70 bits per heavy atom. The molecular formula is C16H14N2O2. The van der Waals surface area contributed by atoms with Gasteiger partial charge < -0.3 is 10.4 Å². The lowest BCUT2D eigenvalue weighted by atomic mass is 10.1. The van der Waals surface area contributed by atoms with E-state index in [0.717, 1.165) is 11.1 Å². The third-order valence-corrected chi connectivity index (χ3v) is 2.64. The van der Waals surface area contributed by atoms with Gasteiger partial charge in [0.2, 0.25) is 0 Å². The third kappa shape index (κ3) is 3.94. The summed E-state index contributed by atoms with van der Waals surface area (Å²) in [4.78, 5) is 15.7. The first kappa shape index (κ1) is 13.8. The molecular weight excluding hydrogens is 252 g/mol. The molecule has 2 rings (SSSR count). The van der Waals surface area contributed by atoms with Gasteiger partial charge in [-0.1, -0.05) is 24.0 Å². The molecule has 0 saturated carbocycles. The van der Waals surface area contributed by atoms with E-state index in [1.807, 2.05) is 24.3 Å². The minimum atomic E-state index is -0.151. The second kappa shape index (κ2) is 7.07. The summed E-state index contributed by atoms with van der Waals surface area (Å²) in [6.45, 7) is 0.296. The summed E-state index contributed by atoms with van der Waals surface area (Å²) in [5, 5.41) is 11.4. The molecule has 1 heterocycles. The van der Waals surface area contributed by atoms with E-state index in [-0.39, 0.29) is 12.5 Å². The van der Waals surface area contributed by atoms with Crippen molar-refractivity contribution in [1.82, 2.24) is 10.3 Å². The largest absolute Gasteiger partial charge is 0.384 e. The predicted molar refractivity (Wildman–Crippen MR) is 75.8 cm³/mol. The highest BCUT2D eigenvalue weighted by atomic mass is 16.2. The smallest absolute Gasteiger partial charge is 0.253 e. The van der Waals surface area contributed by atoms with Crippen molar-refractivity contribution in [3.8, 4) is 11.8 Å².